The van der Waals surface area contributed by atoms with E-state index >= 15 is 0 Å². The molecule has 0 spiro atoms. The van der Waals surface area contributed by atoms with Crippen molar-refractivity contribution in [3.63, 3.8) is 0 Å². The number of nitrogens with one attached hydrogen (secondary N) is 2. The van der Waals surface area contributed by atoms with E-state index in [-0.39, 0.29) is 6.54 Å². The van der Waals surface area contributed by atoms with E-state index in [9.17, 15) is 14.7 Å². The van der Waals surface area contributed by atoms with Gasteiger partial charge in [0, 0.05) is 17.6 Å². The second-order valence-electron chi connectivity index (χ2n) is 6.38. The van der Waals surface area contributed by atoms with Gasteiger partial charge in [0.2, 0.25) is 0 Å². The fourth-order valence-electron chi connectivity index (χ4n) is 1.94. The van der Waals surface area contributed by atoms with Crippen LogP contribution in [0.25, 0.3) is 0 Å². The average molecular weight is 354 g/mol. The van der Waals surface area contributed by atoms with E-state index in [1.54, 1.807) is 39.0 Å². The Hall–Kier alpha value is -2.48. The fraction of sp³-hybridized carbons (Fsp3) is 0.529. The highest BCUT2D eigenvalue weighted by molar-refractivity contribution is 5.80. The Balaban J connectivity index is 2.52. The molecule has 0 fully saturated rings. The highest BCUT2D eigenvalue weighted by atomic mass is 16.6. The SMILES string of the molecule is COc1ccc(OC)c(C(O)CNC(=O)COC(=O)NC(C)(C)C)c1. The average Bonchev–Trinajstić information content (AvgIpc) is 2.55. The fourth-order valence-corrected chi connectivity index (χ4v) is 1.94. The molecular formula is C17H26N2O6. The van der Waals surface area contributed by atoms with Gasteiger partial charge in [0.05, 0.1) is 20.3 Å². The van der Waals surface area contributed by atoms with Crippen molar-refractivity contribution in [2.45, 2.75) is 32.4 Å². The van der Waals surface area contributed by atoms with Crippen molar-refractivity contribution in [2.24, 2.45) is 0 Å². The number of rotatable bonds is 7. The van der Waals surface area contributed by atoms with Gasteiger partial charge < -0.3 is 30.0 Å². The molecule has 1 atom stereocenters. The predicted octanol–water partition coefficient (Wildman–Crippen LogP) is 1.38. The molecule has 0 heterocycles. The van der Waals surface area contributed by atoms with E-state index in [1.807, 2.05) is 0 Å². The largest absolute Gasteiger partial charge is 0.497 e. The van der Waals surface area contributed by atoms with Crippen LogP contribution in [0.4, 0.5) is 4.79 Å². The zero-order valence-corrected chi connectivity index (χ0v) is 15.2. The second kappa shape index (κ2) is 9.12. The van der Waals surface area contributed by atoms with E-state index in [0.29, 0.717) is 17.1 Å². The zero-order chi connectivity index (χ0) is 19.0. The molecule has 25 heavy (non-hydrogen) atoms. The number of amides is 2. The molecule has 0 aliphatic heterocycles. The summed E-state index contributed by atoms with van der Waals surface area (Å²) in [5.41, 5.74) is 0.0284. The molecule has 1 aromatic carbocycles. The Morgan fingerprint density at radius 3 is 2.44 bits per heavy atom. The Labute approximate surface area is 147 Å². The molecule has 2 amide bonds. The first-order chi connectivity index (χ1) is 11.7. The van der Waals surface area contributed by atoms with Gasteiger partial charge in [0.25, 0.3) is 5.91 Å². The number of hydrogen-bond donors (Lipinski definition) is 3. The molecular weight excluding hydrogens is 328 g/mol. The number of aliphatic hydroxyl groups excluding tert-OH is 1. The summed E-state index contributed by atoms with van der Waals surface area (Å²) in [4.78, 5) is 23.2. The van der Waals surface area contributed by atoms with Gasteiger partial charge >= 0.3 is 6.09 Å². The van der Waals surface area contributed by atoms with Crippen LogP contribution in [0, 0.1) is 0 Å². The number of carbonyl (C=O) groups is 2. The lowest BCUT2D eigenvalue weighted by atomic mass is 10.1. The molecule has 0 aromatic heterocycles. The predicted molar refractivity (Wildman–Crippen MR) is 91.8 cm³/mol. The Bertz CT molecular complexity index is 597. The number of carbonyl (C=O) groups excluding carboxylic acids is 2. The lowest BCUT2D eigenvalue weighted by molar-refractivity contribution is -0.124. The summed E-state index contributed by atoms with van der Waals surface area (Å²) in [6.07, 6.45) is -1.69. The minimum Gasteiger partial charge on any atom is -0.497 e. The van der Waals surface area contributed by atoms with Crippen molar-refractivity contribution in [1.29, 1.82) is 0 Å². The molecule has 0 saturated carbocycles. The molecule has 8 nitrogen and oxygen atoms in total. The highest BCUT2D eigenvalue weighted by Crippen LogP contribution is 2.28. The number of methoxy groups -OCH3 is 2. The van der Waals surface area contributed by atoms with Gasteiger partial charge in [-0.3, -0.25) is 4.79 Å². The van der Waals surface area contributed by atoms with E-state index in [2.05, 4.69) is 10.6 Å². The lowest BCUT2D eigenvalue weighted by Crippen LogP contribution is -2.42. The van der Waals surface area contributed by atoms with Crippen LogP contribution in [-0.2, 0) is 9.53 Å². The minimum absolute atomic E-state index is 0.0629. The maximum atomic E-state index is 11.7. The smallest absolute Gasteiger partial charge is 0.408 e. The van der Waals surface area contributed by atoms with Crippen LogP contribution in [0.1, 0.15) is 32.4 Å². The van der Waals surface area contributed by atoms with Crippen LogP contribution in [-0.4, -0.2) is 50.0 Å². The maximum absolute atomic E-state index is 11.7. The van der Waals surface area contributed by atoms with Crippen molar-refractivity contribution >= 4 is 12.0 Å². The molecule has 1 unspecified atom stereocenters. The number of ether oxygens (including phenoxy) is 3. The maximum Gasteiger partial charge on any atom is 0.408 e. The van der Waals surface area contributed by atoms with Crippen molar-refractivity contribution in [2.75, 3.05) is 27.4 Å². The van der Waals surface area contributed by atoms with Crippen LogP contribution in [0.3, 0.4) is 0 Å². The second-order valence-corrected chi connectivity index (χ2v) is 6.38. The first-order valence-corrected chi connectivity index (χ1v) is 7.78. The summed E-state index contributed by atoms with van der Waals surface area (Å²) >= 11 is 0. The molecule has 1 rings (SSSR count). The molecule has 0 radical (unpaired) electrons. The monoisotopic (exact) mass is 354 g/mol. The van der Waals surface area contributed by atoms with Gasteiger partial charge in [-0.1, -0.05) is 0 Å². The third-order valence-corrected chi connectivity index (χ3v) is 3.10. The Morgan fingerprint density at radius 1 is 1.20 bits per heavy atom. The van der Waals surface area contributed by atoms with Crippen LogP contribution in [0.5, 0.6) is 11.5 Å². The summed E-state index contributed by atoms with van der Waals surface area (Å²) in [6.45, 7) is 4.89. The van der Waals surface area contributed by atoms with E-state index in [1.165, 1.54) is 14.2 Å². The van der Waals surface area contributed by atoms with E-state index in [4.69, 9.17) is 14.2 Å². The first kappa shape index (κ1) is 20.6. The topological polar surface area (TPSA) is 106 Å². The zero-order valence-electron chi connectivity index (χ0n) is 15.2. The minimum atomic E-state index is -1.00. The number of benzene rings is 1. The standard InChI is InChI=1S/C17H26N2O6/c1-17(2,3)19-16(22)25-10-15(21)18-9-13(20)12-8-11(23-4)6-7-14(12)24-5/h6-8,13,20H,9-10H2,1-5H3,(H,18,21)(H,19,22). The summed E-state index contributed by atoms with van der Waals surface area (Å²) in [5, 5.41) is 15.3. The first-order valence-electron chi connectivity index (χ1n) is 7.78. The third kappa shape index (κ3) is 7.30. The van der Waals surface area contributed by atoms with Crippen molar-refractivity contribution in [3.8, 4) is 11.5 Å². The third-order valence-electron chi connectivity index (χ3n) is 3.10. The Kier molecular flexibility index (Phi) is 7.50. The molecule has 8 heteroatoms. The molecule has 0 aliphatic carbocycles. The number of hydrogen-bond acceptors (Lipinski definition) is 6. The molecule has 1 aromatic rings. The normalized spacial score (nSPS) is 12.1. The molecule has 0 saturated heterocycles. The summed E-state index contributed by atoms with van der Waals surface area (Å²) in [7, 11) is 3.00. The number of aliphatic hydroxyl groups is 1. The molecule has 3 N–H and O–H groups in total. The molecule has 140 valence electrons. The van der Waals surface area contributed by atoms with Crippen LogP contribution in [0.2, 0.25) is 0 Å². The van der Waals surface area contributed by atoms with E-state index < -0.39 is 30.3 Å². The Morgan fingerprint density at radius 2 is 1.88 bits per heavy atom. The van der Waals surface area contributed by atoms with Crippen LogP contribution < -0.4 is 20.1 Å². The lowest BCUT2D eigenvalue weighted by Gasteiger charge is -2.20. The van der Waals surface area contributed by atoms with Crippen LogP contribution >= 0.6 is 0 Å². The van der Waals surface area contributed by atoms with E-state index in [0.717, 1.165) is 0 Å². The van der Waals surface area contributed by atoms with Gasteiger partial charge in [0.1, 0.15) is 11.5 Å². The summed E-state index contributed by atoms with van der Waals surface area (Å²) < 4.78 is 15.1. The molecule has 0 aliphatic rings. The van der Waals surface area contributed by atoms with Gasteiger partial charge in [0.15, 0.2) is 6.61 Å². The van der Waals surface area contributed by atoms with Gasteiger partial charge in [-0.05, 0) is 39.0 Å². The number of alkyl carbamates (subject to hydrolysis) is 1. The summed E-state index contributed by atoms with van der Waals surface area (Å²) in [6, 6.07) is 5.00. The molecule has 0 bridgehead atoms. The van der Waals surface area contributed by atoms with Gasteiger partial charge in [-0.2, -0.15) is 0 Å². The van der Waals surface area contributed by atoms with Crippen molar-refractivity contribution in [1.82, 2.24) is 10.6 Å². The summed E-state index contributed by atoms with van der Waals surface area (Å²) in [5.74, 6) is 0.511. The quantitative estimate of drug-likeness (QED) is 0.683. The highest BCUT2D eigenvalue weighted by Gasteiger charge is 2.18. The van der Waals surface area contributed by atoms with Crippen LogP contribution in [0.15, 0.2) is 18.2 Å². The van der Waals surface area contributed by atoms with Gasteiger partial charge in [-0.15, -0.1) is 0 Å². The van der Waals surface area contributed by atoms with Crippen molar-refractivity contribution < 1.29 is 28.9 Å². The van der Waals surface area contributed by atoms with Gasteiger partial charge in [-0.25, -0.2) is 4.79 Å². The van der Waals surface area contributed by atoms with Crippen molar-refractivity contribution in [3.05, 3.63) is 23.8 Å².